The maximum absolute atomic E-state index is 2.44. The molecule has 12 rings (SSSR count). The number of fused-ring (bicyclic) bond motifs is 9. The number of rotatable bonds is 6. The monoisotopic (exact) mass is 757 g/mol. The van der Waals surface area contributed by atoms with E-state index in [9.17, 15) is 0 Å². The number of anilines is 3. The van der Waals surface area contributed by atoms with Crippen molar-refractivity contribution in [1.29, 1.82) is 0 Å². The zero-order valence-electron chi connectivity index (χ0n) is 31.5. The SMILES string of the molecule is c1ccc(-n2c3ccccc3c3ccc(N(c4ccc(-c5ccc(-n6c7ccccc7c7ccccc76)cc5)cc4)c4cccc5c4sc4ccccc45)cc32)cc1. The maximum Gasteiger partial charge on any atom is 0.0640 e. The molecular formula is C54H35N3S. The van der Waals surface area contributed by atoms with E-state index in [0.29, 0.717) is 0 Å². The highest BCUT2D eigenvalue weighted by Gasteiger charge is 2.21. The lowest BCUT2D eigenvalue weighted by molar-refractivity contribution is 1.18. The van der Waals surface area contributed by atoms with Gasteiger partial charge in [0.15, 0.2) is 0 Å². The molecule has 4 heteroatoms. The second kappa shape index (κ2) is 13.1. The minimum atomic E-state index is 1.11. The largest absolute Gasteiger partial charge is 0.309 e. The molecule has 58 heavy (non-hydrogen) atoms. The molecule has 0 radical (unpaired) electrons. The fourth-order valence-electron chi connectivity index (χ4n) is 9.10. The van der Waals surface area contributed by atoms with Gasteiger partial charge in [-0.3, -0.25) is 0 Å². The van der Waals surface area contributed by atoms with Crippen molar-refractivity contribution in [3.05, 3.63) is 212 Å². The summed E-state index contributed by atoms with van der Waals surface area (Å²) in [5.41, 5.74) is 12.9. The molecule has 3 nitrogen and oxygen atoms in total. The van der Waals surface area contributed by atoms with Crippen molar-refractivity contribution >= 4 is 92.2 Å². The summed E-state index contributed by atoms with van der Waals surface area (Å²) in [4.78, 5) is 2.44. The summed E-state index contributed by atoms with van der Waals surface area (Å²) in [5, 5.41) is 7.61. The fraction of sp³-hybridized carbons (Fsp3) is 0. The lowest BCUT2D eigenvalue weighted by Crippen LogP contribution is -2.10. The smallest absolute Gasteiger partial charge is 0.0640 e. The van der Waals surface area contributed by atoms with Crippen LogP contribution in [0.3, 0.4) is 0 Å². The molecule has 0 unspecified atom stereocenters. The number of benzene rings is 9. The molecule has 0 fully saturated rings. The van der Waals surface area contributed by atoms with E-state index in [1.54, 1.807) is 0 Å². The summed E-state index contributed by atoms with van der Waals surface area (Å²) in [5.74, 6) is 0. The first kappa shape index (κ1) is 32.8. The first-order valence-electron chi connectivity index (χ1n) is 19.8. The molecule has 9 aromatic carbocycles. The number of aromatic nitrogens is 2. The van der Waals surface area contributed by atoms with Gasteiger partial charge in [0.1, 0.15) is 0 Å². The molecule has 0 amide bonds. The van der Waals surface area contributed by atoms with Gasteiger partial charge in [-0.15, -0.1) is 11.3 Å². The second-order valence-electron chi connectivity index (χ2n) is 14.9. The van der Waals surface area contributed by atoms with Crippen LogP contribution < -0.4 is 4.90 Å². The standard InChI is InChI=1S/C54H35N3S/c1-2-13-38(14-3-1)57-50-22-10-6-17-44(50)45-34-33-41(35-52(45)57)55(51-23-12-19-47-46-18-7-11-24-53(46)58-54(47)51)39-29-25-36(26-30-39)37-27-31-40(32-28-37)56-48-20-8-4-15-42(48)43-16-5-9-21-49(43)56/h1-35H. The van der Waals surface area contributed by atoms with Gasteiger partial charge in [-0.2, -0.15) is 0 Å². The van der Waals surface area contributed by atoms with Gasteiger partial charge in [0.05, 0.1) is 32.5 Å². The average Bonchev–Trinajstić information content (AvgIpc) is 3.95. The van der Waals surface area contributed by atoms with Crippen LogP contribution in [0.25, 0.3) is 86.3 Å². The van der Waals surface area contributed by atoms with Crippen LogP contribution in [0.2, 0.25) is 0 Å². The minimum absolute atomic E-state index is 1.11. The number of thiophene rings is 1. The van der Waals surface area contributed by atoms with Gasteiger partial charge in [-0.25, -0.2) is 0 Å². The van der Waals surface area contributed by atoms with Crippen molar-refractivity contribution < 1.29 is 0 Å². The number of para-hydroxylation sites is 4. The van der Waals surface area contributed by atoms with Crippen LogP contribution in [0, 0.1) is 0 Å². The van der Waals surface area contributed by atoms with Gasteiger partial charge in [0.25, 0.3) is 0 Å². The van der Waals surface area contributed by atoms with E-state index in [1.807, 2.05) is 11.3 Å². The van der Waals surface area contributed by atoms with Crippen molar-refractivity contribution in [2.45, 2.75) is 0 Å². The normalized spacial score (nSPS) is 11.8. The number of hydrogen-bond donors (Lipinski definition) is 0. The third-order valence-electron chi connectivity index (χ3n) is 11.7. The Morgan fingerprint density at radius 3 is 1.47 bits per heavy atom. The Morgan fingerprint density at radius 2 is 0.810 bits per heavy atom. The minimum Gasteiger partial charge on any atom is -0.309 e. The summed E-state index contributed by atoms with van der Waals surface area (Å²) < 4.78 is 7.35. The Hall–Kier alpha value is -7.40. The van der Waals surface area contributed by atoms with Crippen LogP contribution in [0.15, 0.2) is 212 Å². The molecule has 272 valence electrons. The summed E-state index contributed by atoms with van der Waals surface area (Å²) in [6.45, 7) is 0. The Labute approximate surface area is 339 Å². The summed E-state index contributed by atoms with van der Waals surface area (Å²) in [6, 6.07) is 77.4. The topological polar surface area (TPSA) is 13.1 Å². The van der Waals surface area contributed by atoms with Gasteiger partial charge in [-0.1, -0.05) is 133 Å². The number of nitrogens with zero attached hydrogens (tertiary/aromatic N) is 3. The van der Waals surface area contributed by atoms with Crippen LogP contribution in [-0.2, 0) is 0 Å². The van der Waals surface area contributed by atoms with Gasteiger partial charge in [0.2, 0.25) is 0 Å². The predicted octanol–water partition coefficient (Wildman–Crippen LogP) is 15.4. The molecule has 12 aromatic rings. The van der Waals surface area contributed by atoms with Gasteiger partial charge >= 0.3 is 0 Å². The Balaban J connectivity index is 1.00. The highest BCUT2D eigenvalue weighted by atomic mass is 32.1. The lowest BCUT2D eigenvalue weighted by Gasteiger charge is -2.26. The summed E-state index contributed by atoms with van der Waals surface area (Å²) in [7, 11) is 0. The third kappa shape index (κ3) is 5.05. The zero-order valence-corrected chi connectivity index (χ0v) is 32.3. The Bertz CT molecular complexity index is 3440. The first-order chi connectivity index (χ1) is 28.8. The van der Waals surface area contributed by atoms with Crippen LogP contribution >= 0.6 is 11.3 Å². The van der Waals surface area contributed by atoms with E-state index >= 15 is 0 Å². The van der Waals surface area contributed by atoms with Crippen molar-refractivity contribution in [3.8, 4) is 22.5 Å². The van der Waals surface area contributed by atoms with Crippen molar-refractivity contribution in [2.24, 2.45) is 0 Å². The fourth-order valence-corrected chi connectivity index (χ4v) is 10.3. The molecule has 0 aliphatic heterocycles. The maximum atomic E-state index is 2.44. The Morgan fingerprint density at radius 1 is 0.328 bits per heavy atom. The van der Waals surface area contributed by atoms with Crippen LogP contribution in [-0.4, -0.2) is 9.13 Å². The third-order valence-corrected chi connectivity index (χ3v) is 12.9. The van der Waals surface area contributed by atoms with E-state index < -0.39 is 0 Å². The molecule has 3 aromatic heterocycles. The molecule has 0 saturated carbocycles. The lowest BCUT2D eigenvalue weighted by atomic mass is 10.0. The van der Waals surface area contributed by atoms with E-state index in [-0.39, 0.29) is 0 Å². The van der Waals surface area contributed by atoms with Crippen LogP contribution in [0.4, 0.5) is 17.1 Å². The van der Waals surface area contributed by atoms with Crippen LogP contribution in [0.1, 0.15) is 0 Å². The zero-order chi connectivity index (χ0) is 38.2. The van der Waals surface area contributed by atoms with E-state index in [2.05, 4.69) is 226 Å². The van der Waals surface area contributed by atoms with Crippen molar-refractivity contribution in [2.75, 3.05) is 4.90 Å². The van der Waals surface area contributed by atoms with Gasteiger partial charge in [-0.05, 0) is 90.0 Å². The van der Waals surface area contributed by atoms with Crippen LogP contribution in [0.5, 0.6) is 0 Å². The summed E-state index contributed by atoms with van der Waals surface area (Å²) in [6.07, 6.45) is 0. The molecule has 0 N–H and O–H groups in total. The average molecular weight is 758 g/mol. The molecule has 0 aliphatic carbocycles. The number of hydrogen-bond acceptors (Lipinski definition) is 2. The highest BCUT2D eigenvalue weighted by Crippen LogP contribution is 2.46. The van der Waals surface area contributed by atoms with Gasteiger partial charge in [0, 0.05) is 59.8 Å². The molecule has 3 heterocycles. The molecule has 0 bridgehead atoms. The Kier molecular flexibility index (Phi) is 7.40. The highest BCUT2D eigenvalue weighted by molar-refractivity contribution is 7.26. The van der Waals surface area contributed by atoms with Crippen molar-refractivity contribution in [3.63, 3.8) is 0 Å². The van der Waals surface area contributed by atoms with E-state index in [4.69, 9.17) is 0 Å². The molecule has 0 aliphatic rings. The summed E-state index contributed by atoms with van der Waals surface area (Å²) >= 11 is 1.87. The predicted molar refractivity (Wildman–Crippen MR) is 248 cm³/mol. The van der Waals surface area contributed by atoms with Crippen molar-refractivity contribution in [1.82, 2.24) is 9.13 Å². The second-order valence-corrected chi connectivity index (χ2v) is 16.0. The van der Waals surface area contributed by atoms with E-state index in [1.165, 1.54) is 80.6 Å². The molecular weight excluding hydrogens is 723 g/mol. The quantitative estimate of drug-likeness (QED) is 0.165. The molecule has 0 spiro atoms. The van der Waals surface area contributed by atoms with Gasteiger partial charge < -0.3 is 14.0 Å². The van der Waals surface area contributed by atoms with E-state index in [0.717, 1.165) is 22.7 Å². The molecule has 0 atom stereocenters. The first-order valence-corrected chi connectivity index (χ1v) is 20.6. The molecule has 0 saturated heterocycles.